The van der Waals surface area contributed by atoms with Crippen LogP contribution in [0, 0.1) is 0 Å². The smallest absolute Gasteiger partial charge is 0.0654 e. The van der Waals surface area contributed by atoms with E-state index >= 15 is 0 Å². The molecule has 0 saturated carbocycles. The van der Waals surface area contributed by atoms with Crippen molar-refractivity contribution >= 4 is 10.5 Å². The maximum atomic E-state index is 2.34. The molecule has 1 heterocycles. The molecule has 0 bridgehead atoms. The summed E-state index contributed by atoms with van der Waals surface area (Å²) in [5, 5.41) is 4.68. The van der Waals surface area contributed by atoms with E-state index in [0.717, 1.165) is 0 Å². The van der Waals surface area contributed by atoms with Crippen molar-refractivity contribution in [2.24, 2.45) is 0 Å². The molecule has 0 N–H and O–H groups in total. The molecule has 0 aromatic carbocycles. The Balaban J connectivity index is 1.90. The minimum Gasteiger partial charge on any atom is -0.0654 e. The second kappa shape index (κ2) is 7.14. The predicted octanol–water partition coefficient (Wildman–Crippen LogP) is 4.80. The molecule has 0 nitrogen and oxygen atoms in total. The van der Waals surface area contributed by atoms with Gasteiger partial charge in [-0.2, -0.15) is 0 Å². The van der Waals surface area contributed by atoms with Gasteiger partial charge in [-0.1, -0.05) is 32.6 Å². The molecule has 0 unspecified atom stereocenters. The number of unbranched alkanes of at least 4 members (excludes halogenated alkanes) is 5. The van der Waals surface area contributed by atoms with Crippen molar-refractivity contribution in [2.75, 3.05) is 0 Å². The molecule has 0 amide bonds. The Labute approximate surface area is 85.0 Å². The van der Waals surface area contributed by atoms with Gasteiger partial charge in [0.15, 0.2) is 0 Å². The molecule has 1 rings (SSSR count). The lowest BCUT2D eigenvalue weighted by atomic mass is 10.1. The van der Waals surface area contributed by atoms with Crippen molar-refractivity contribution in [3.05, 3.63) is 22.9 Å². The minimum atomic E-state index is 0.504. The second-order valence-corrected chi connectivity index (χ2v) is 5.49. The van der Waals surface area contributed by atoms with Crippen LogP contribution in [-0.2, 0) is 5.75 Å². The van der Waals surface area contributed by atoms with Gasteiger partial charge in [-0.15, -0.1) is 0 Å². The Bertz CT molecular complexity index is 189. The second-order valence-electron chi connectivity index (χ2n) is 3.60. The molecular formula is C12H21S+. The summed E-state index contributed by atoms with van der Waals surface area (Å²) in [5.74, 6) is 1.39. The molecule has 0 fully saturated rings. The third-order valence-corrected chi connectivity index (χ3v) is 4.12. The molecule has 0 spiro atoms. The van der Waals surface area contributed by atoms with E-state index in [-0.39, 0.29) is 0 Å². The topological polar surface area (TPSA) is 0 Å². The van der Waals surface area contributed by atoms with E-state index in [0.29, 0.717) is 10.5 Å². The van der Waals surface area contributed by atoms with E-state index in [1.165, 1.54) is 44.3 Å². The van der Waals surface area contributed by atoms with E-state index in [2.05, 4.69) is 29.8 Å². The molecular weight excluding hydrogens is 176 g/mol. The highest BCUT2D eigenvalue weighted by Gasteiger charge is 2.00. The summed E-state index contributed by atoms with van der Waals surface area (Å²) >= 11 is 0. The van der Waals surface area contributed by atoms with Gasteiger partial charge in [0.1, 0.15) is 16.5 Å². The lowest BCUT2D eigenvalue weighted by molar-refractivity contribution is 0.619. The molecule has 74 valence electrons. The average Bonchev–Trinajstić information content (AvgIpc) is 2.63. The number of hydrogen-bond acceptors (Lipinski definition) is 0. The van der Waals surface area contributed by atoms with E-state index in [1.54, 1.807) is 0 Å². The van der Waals surface area contributed by atoms with Gasteiger partial charge in [0.25, 0.3) is 0 Å². The summed E-state index contributed by atoms with van der Waals surface area (Å²) in [6.07, 6.45) is 8.52. The Hall–Kier alpha value is -0.300. The molecule has 0 atom stereocenters. The summed E-state index contributed by atoms with van der Waals surface area (Å²) in [6, 6.07) is 4.36. The largest absolute Gasteiger partial charge is 0.137 e. The third kappa shape index (κ3) is 5.09. The van der Waals surface area contributed by atoms with Gasteiger partial charge in [-0.05, 0) is 35.4 Å². The Morgan fingerprint density at radius 3 is 2.15 bits per heavy atom. The summed E-state index contributed by atoms with van der Waals surface area (Å²) in [5.41, 5.74) is 0. The molecule has 0 radical (unpaired) electrons. The van der Waals surface area contributed by atoms with Crippen LogP contribution in [0.3, 0.4) is 0 Å². The monoisotopic (exact) mass is 197 g/mol. The average molecular weight is 197 g/mol. The Morgan fingerprint density at radius 2 is 1.46 bits per heavy atom. The zero-order chi connectivity index (χ0) is 9.36. The van der Waals surface area contributed by atoms with Crippen LogP contribution in [0.1, 0.15) is 45.4 Å². The fraction of sp³-hybridized carbons (Fsp3) is 0.667. The summed E-state index contributed by atoms with van der Waals surface area (Å²) in [6.45, 7) is 2.27. The van der Waals surface area contributed by atoms with E-state index < -0.39 is 0 Å². The van der Waals surface area contributed by atoms with E-state index in [9.17, 15) is 0 Å². The first-order chi connectivity index (χ1) is 6.43. The first-order valence-corrected chi connectivity index (χ1v) is 6.99. The molecule has 1 aromatic rings. The Kier molecular flexibility index (Phi) is 5.92. The fourth-order valence-electron chi connectivity index (χ4n) is 1.52. The Morgan fingerprint density at radius 1 is 0.846 bits per heavy atom. The maximum Gasteiger partial charge on any atom is 0.137 e. The van der Waals surface area contributed by atoms with Crippen molar-refractivity contribution in [1.82, 2.24) is 0 Å². The lowest BCUT2D eigenvalue weighted by Gasteiger charge is -1.96. The molecule has 0 saturated heterocycles. The molecule has 0 aliphatic rings. The standard InChI is InChI=1S/C12H21S/c1-2-3-4-5-6-7-10-13-11-8-9-12-13/h8-9,11-12H,2-7,10H2,1H3/q+1. The normalized spacial score (nSPS) is 10.5. The van der Waals surface area contributed by atoms with Gasteiger partial charge >= 0.3 is 0 Å². The highest BCUT2D eigenvalue weighted by Crippen LogP contribution is 2.20. The molecule has 13 heavy (non-hydrogen) atoms. The summed E-state index contributed by atoms with van der Waals surface area (Å²) in [7, 11) is 0.504. The van der Waals surface area contributed by atoms with Gasteiger partial charge in [0.2, 0.25) is 0 Å². The van der Waals surface area contributed by atoms with Crippen LogP contribution in [0.25, 0.3) is 0 Å². The van der Waals surface area contributed by atoms with E-state index in [4.69, 9.17) is 0 Å². The quantitative estimate of drug-likeness (QED) is 0.435. The van der Waals surface area contributed by atoms with Crippen LogP contribution >= 0.6 is 10.5 Å². The van der Waals surface area contributed by atoms with Gasteiger partial charge < -0.3 is 0 Å². The fourth-order valence-corrected chi connectivity index (χ4v) is 3.01. The zero-order valence-electron chi connectivity index (χ0n) is 8.67. The van der Waals surface area contributed by atoms with Crippen molar-refractivity contribution < 1.29 is 0 Å². The molecule has 1 aromatic heterocycles. The maximum absolute atomic E-state index is 2.34. The van der Waals surface area contributed by atoms with Crippen LogP contribution in [-0.4, -0.2) is 0 Å². The molecule has 1 heteroatoms. The zero-order valence-corrected chi connectivity index (χ0v) is 9.48. The van der Waals surface area contributed by atoms with Gasteiger partial charge in [0, 0.05) is 0 Å². The summed E-state index contributed by atoms with van der Waals surface area (Å²) < 4.78 is 0. The van der Waals surface area contributed by atoms with Gasteiger partial charge in [-0.3, -0.25) is 0 Å². The van der Waals surface area contributed by atoms with Crippen LogP contribution in [0.5, 0.6) is 0 Å². The molecule has 0 aliphatic heterocycles. The number of aryl methyl sites for hydroxylation is 1. The SMILES string of the molecule is CCCCCCCC[s+]1cccc1. The minimum absolute atomic E-state index is 0.504. The number of rotatable bonds is 7. The highest BCUT2D eigenvalue weighted by molar-refractivity contribution is 7.27. The van der Waals surface area contributed by atoms with E-state index in [1.807, 2.05) is 0 Å². The van der Waals surface area contributed by atoms with Crippen LogP contribution < -0.4 is 0 Å². The number of thiophene rings is 1. The first kappa shape index (κ1) is 10.8. The van der Waals surface area contributed by atoms with Crippen LogP contribution in [0.15, 0.2) is 22.9 Å². The van der Waals surface area contributed by atoms with Gasteiger partial charge in [0.05, 0.1) is 0 Å². The van der Waals surface area contributed by atoms with Gasteiger partial charge in [-0.25, -0.2) is 0 Å². The van der Waals surface area contributed by atoms with Crippen molar-refractivity contribution in [1.29, 1.82) is 0 Å². The highest BCUT2D eigenvalue weighted by atomic mass is 32.2. The number of hydrogen-bond donors (Lipinski definition) is 0. The first-order valence-electron chi connectivity index (χ1n) is 5.47. The summed E-state index contributed by atoms with van der Waals surface area (Å²) in [4.78, 5) is 0. The molecule has 0 aliphatic carbocycles. The van der Waals surface area contributed by atoms with Crippen molar-refractivity contribution in [3.8, 4) is 0 Å². The predicted molar refractivity (Wildman–Crippen MR) is 62.3 cm³/mol. The lowest BCUT2D eigenvalue weighted by Crippen LogP contribution is -1.79. The van der Waals surface area contributed by atoms with Crippen molar-refractivity contribution in [3.63, 3.8) is 0 Å². The third-order valence-electron chi connectivity index (χ3n) is 2.35. The van der Waals surface area contributed by atoms with Crippen molar-refractivity contribution in [2.45, 2.75) is 51.2 Å². The van der Waals surface area contributed by atoms with Crippen LogP contribution in [0.2, 0.25) is 0 Å². The van der Waals surface area contributed by atoms with Crippen LogP contribution in [0.4, 0.5) is 0 Å².